The van der Waals surface area contributed by atoms with Crippen LogP contribution >= 0.6 is 0 Å². The number of hydrogen-bond donors (Lipinski definition) is 4. The monoisotopic (exact) mass is 491 g/mol. The van der Waals surface area contributed by atoms with E-state index in [9.17, 15) is 14.4 Å². The highest BCUT2D eigenvalue weighted by Crippen LogP contribution is 2.26. The van der Waals surface area contributed by atoms with Crippen molar-refractivity contribution in [2.24, 2.45) is 11.5 Å². The molecule has 192 valence electrons. The van der Waals surface area contributed by atoms with Crippen LogP contribution in [-0.2, 0) is 33.6 Å². The molecule has 1 fully saturated rings. The maximum Gasteiger partial charge on any atom is 0.247 e. The molecular formula is C28H37N5O3. The number of amides is 3. The molecule has 0 aromatic heterocycles. The van der Waals surface area contributed by atoms with Gasteiger partial charge in [0.15, 0.2) is 0 Å². The highest BCUT2D eigenvalue weighted by Gasteiger charge is 2.41. The topological polar surface area (TPSA) is 131 Å². The Morgan fingerprint density at radius 1 is 1.06 bits per heavy atom. The zero-order valence-corrected chi connectivity index (χ0v) is 20.7. The number of nitrogens with zero attached hydrogens (tertiary/aromatic N) is 1. The van der Waals surface area contributed by atoms with Crippen LogP contribution in [0.2, 0.25) is 0 Å². The van der Waals surface area contributed by atoms with Gasteiger partial charge in [0.2, 0.25) is 17.7 Å². The quantitative estimate of drug-likeness (QED) is 0.403. The van der Waals surface area contributed by atoms with Crippen molar-refractivity contribution in [3.63, 3.8) is 0 Å². The summed E-state index contributed by atoms with van der Waals surface area (Å²) in [6.45, 7) is 0.694. The SMILES string of the molecule is NCCCC(=O)N[C@@H]1C[C@@H](C(=O)Nc2ccc3c(c2)CCC3)N(C(=O)[C@@H](N)CCc2ccccc2)C1. The summed E-state index contributed by atoms with van der Waals surface area (Å²) in [5, 5.41) is 5.97. The van der Waals surface area contributed by atoms with E-state index in [-0.39, 0.29) is 30.3 Å². The van der Waals surface area contributed by atoms with Crippen molar-refractivity contribution in [1.82, 2.24) is 10.2 Å². The number of carbonyl (C=O) groups excluding carboxylic acids is 3. The summed E-state index contributed by atoms with van der Waals surface area (Å²) in [4.78, 5) is 40.6. The minimum absolute atomic E-state index is 0.120. The van der Waals surface area contributed by atoms with Crippen molar-refractivity contribution in [3.8, 4) is 0 Å². The molecule has 0 radical (unpaired) electrons. The summed E-state index contributed by atoms with van der Waals surface area (Å²) in [6, 6.07) is 14.2. The number of fused-ring (bicyclic) bond motifs is 1. The number of anilines is 1. The Bertz CT molecular complexity index is 1070. The number of nitrogens with two attached hydrogens (primary N) is 2. The lowest BCUT2D eigenvalue weighted by atomic mass is 10.0. The van der Waals surface area contributed by atoms with Crippen LogP contribution < -0.4 is 22.1 Å². The molecule has 3 atom stereocenters. The second-order valence-corrected chi connectivity index (χ2v) is 9.86. The van der Waals surface area contributed by atoms with Crippen LogP contribution in [-0.4, -0.2) is 53.8 Å². The van der Waals surface area contributed by atoms with Crippen molar-refractivity contribution in [2.75, 3.05) is 18.4 Å². The summed E-state index contributed by atoms with van der Waals surface area (Å²) in [6.07, 6.45) is 5.63. The Balaban J connectivity index is 1.44. The molecule has 36 heavy (non-hydrogen) atoms. The number of benzene rings is 2. The lowest BCUT2D eigenvalue weighted by Gasteiger charge is -2.26. The van der Waals surface area contributed by atoms with E-state index in [1.54, 1.807) is 4.90 Å². The minimum Gasteiger partial charge on any atom is -0.351 e. The van der Waals surface area contributed by atoms with Crippen molar-refractivity contribution < 1.29 is 14.4 Å². The molecule has 1 aliphatic heterocycles. The number of likely N-dealkylation sites (tertiary alicyclic amines) is 1. The van der Waals surface area contributed by atoms with Crippen LogP contribution in [0, 0.1) is 0 Å². The Labute approximate surface area is 212 Å². The normalized spacial score (nSPS) is 19.6. The lowest BCUT2D eigenvalue weighted by molar-refractivity contribution is -0.137. The molecule has 4 rings (SSSR count). The standard InChI is InChI=1S/C28H37N5O3/c29-15-5-10-26(34)31-23-17-25(27(35)32-22-13-12-20-8-4-9-21(20)16-22)33(18-23)28(36)24(30)14-11-19-6-2-1-3-7-19/h1-3,6-7,12-13,16,23-25H,4-5,8-11,14-15,17-18,29-30H2,(H,31,34)(H,32,35)/t23-,24+,25+/m1/s1. The van der Waals surface area contributed by atoms with E-state index in [0.29, 0.717) is 38.6 Å². The third-order valence-corrected chi connectivity index (χ3v) is 7.13. The first-order valence-electron chi connectivity index (χ1n) is 13.0. The van der Waals surface area contributed by atoms with E-state index in [1.165, 1.54) is 11.1 Å². The van der Waals surface area contributed by atoms with Gasteiger partial charge >= 0.3 is 0 Å². The van der Waals surface area contributed by atoms with Gasteiger partial charge in [-0.25, -0.2) is 0 Å². The number of aryl methyl sites for hydroxylation is 3. The van der Waals surface area contributed by atoms with E-state index in [2.05, 4.69) is 16.7 Å². The average molecular weight is 492 g/mol. The number of nitrogens with one attached hydrogen (secondary N) is 2. The third kappa shape index (κ3) is 6.50. The zero-order valence-electron chi connectivity index (χ0n) is 20.7. The molecule has 0 unspecified atom stereocenters. The van der Waals surface area contributed by atoms with Crippen LogP contribution in [0.4, 0.5) is 5.69 Å². The fraction of sp³-hybridized carbons (Fsp3) is 0.464. The molecule has 1 saturated heterocycles. The Morgan fingerprint density at radius 2 is 1.83 bits per heavy atom. The molecule has 0 bridgehead atoms. The van der Waals surface area contributed by atoms with Crippen LogP contribution in [0.5, 0.6) is 0 Å². The predicted octanol–water partition coefficient (Wildman–Crippen LogP) is 1.90. The Kier molecular flexibility index (Phi) is 8.72. The van der Waals surface area contributed by atoms with Gasteiger partial charge in [0.1, 0.15) is 6.04 Å². The first-order valence-corrected chi connectivity index (χ1v) is 13.0. The molecule has 1 aliphatic carbocycles. The summed E-state index contributed by atoms with van der Waals surface area (Å²) in [5.41, 5.74) is 16.3. The number of hydrogen-bond acceptors (Lipinski definition) is 5. The van der Waals surface area contributed by atoms with Crippen LogP contribution in [0.3, 0.4) is 0 Å². The average Bonchev–Trinajstić information content (AvgIpc) is 3.53. The Morgan fingerprint density at radius 3 is 2.61 bits per heavy atom. The molecule has 8 heteroatoms. The maximum atomic E-state index is 13.4. The van der Waals surface area contributed by atoms with Crippen molar-refractivity contribution in [1.29, 1.82) is 0 Å². The van der Waals surface area contributed by atoms with Crippen LogP contribution in [0.1, 0.15) is 48.8 Å². The van der Waals surface area contributed by atoms with Gasteiger partial charge in [-0.2, -0.15) is 0 Å². The summed E-state index contributed by atoms with van der Waals surface area (Å²) in [7, 11) is 0. The van der Waals surface area contributed by atoms with Gasteiger partial charge < -0.3 is 27.0 Å². The Hall–Kier alpha value is -3.23. The molecule has 3 amide bonds. The highest BCUT2D eigenvalue weighted by molar-refractivity contribution is 5.98. The molecule has 8 nitrogen and oxygen atoms in total. The molecule has 0 spiro atoms. The summed E-state index contributed by atoms with van der Waals surface area (Å²) < 4.78 is 0. The maximum absolute atomic E-state index is 13.4. The van der Waals surface area contributed by atoms with Crippen LogP contribution in [0.15, 0.2) is 48.5 Å². The van der Waals surface area contributed by atoms with Gasteiger partial charge in [-0.15, -0.1) is 0 Å². The van der Waals surface area contributed by atoms with Gasteiger partial charge in [-0.05, 0) is 80.3 Å². The largest absolute Gasteiger partial charge is 0.351 e. The molecule has 0 saturated carbocycles. The van der Waals surface area contributed by atoms with Crippen molar-refractivity contribution in [2.45, 2.75) is 69.5 Å². The molecule has 2 aliphatic rings. The first kappa shape index (κ1) is 25.9. The molecule has 2 aromatic carbocycles. The lowest BCUT2D eigenvalue weighted by Crippen LogP contribution is -2.50. The van der Waals surface area contributed by atoms with Crippen molar-refractivity contribution >= 4 is 23.4 Å². The minimum atomic E-state index is -0.729. The van der Waals surface area contributed by atoms with Gasteiger partial charge in [-0.1, -0.05) is 36.4 Å². The second kappa shape index (κ2) is 12.1. The van der Waals surface area contributed by atoms with E-state index in [0.717, 1.165) is 30.5 Å². The van der Waals surface area contributed by atoms with Gasteiger partial charge in [0.05, 0.1) is 6.04 Å². The van der Waals surface area contributed by atoms with Crippen molar-refractivity contribution in [3.05, 3.63) is 65.2 Å². The van der Waals surface area contributed by atoms with E-state index < -0.39 is 12.1 Å². The fourth-order valence-electron chi connectivity index (χ4n) is 5.17. The van der Waals surface area contributed by atoms with Gasteiger partial charge in [0.25, 0.3) is 0 Å². The van der Waals surface area contributed by atoms with E-state index in [1.807, 2.05) is 42.5 Å². The fourth-order valence-corrected chi connectivity index (χ4v) is 5.17. The smallest absolute Gasteiger partial charge is 0.247 e. The highest BCUT2D eigenvalue weighted by atomic mass is 16.2. The van der Waals surface area contributed by atoms with Gasteiger partial charge in [-0.3, -0.25) is 14.4 Å². The second-order valence-electron chi connectivity index (χ2n) is 9.86. The van der Waals surface area contributed by atoms with Crippen LogP contribution in [0.25, 0.3) is 0 Å². The zero-order chi connectivity index (χ0) is 25.5. The summed E-state index contributed by atoms with van der Waals surface area (Å²) >= 11 is 0. The molecular weight excluding hydrogens is 454 g/mol. The molecule has 1 heterocycles. The van der Waals surface area contributed by atoms with Gasteiger partial charge in [0, 0.05) is 24.7 Å². The third-order valence-electron chi connectivity index (χ3n) is 7.13. The molecule has 6 N–H and O–H groups in total. The number of rotatable bonds is 10. The number of carbonyl (C=O) groups is 3. The van der Waals surface area contributed by atoms with E-state index >= 15 is 0 Å². The predicted molar refractivity (Wildman–Crippen MR) is 140 cm³/mol. The first-order chi connectivity index (χ1) is 17.4. The summed E-state index contributed by atoms with van der Waals surface area (Å²) in [5.74, 6) is -0.639. The van der Waals surface area contributed by atoms with E-state index in [4.69, 9.17) is 11.5 Å². The molecule has 2 aromatic rings.